The number of H-pyrrole nitrogens is 2. The van der Waals surface area contributed by atoms with Crippen LogP contribution in [-0.4, -0.2) is 45.4 Å². The Morgan fingerprint density at radius 2 is 0.679 bits per heavy atom. The Hall–Kier alpha value is -13.5. The summed E-state index contributed by atoms with van der Waals surface area (Å²) in [7, 11) is 0. The number of hydrogen-bond donors (Lipinski definition) is 8. The number of benzene rings is 12. The van der Waals surface area contributed by atoms with Gasteiger partial charge in [-0.15, -0.1) is 0 Å². The number of carbonyl (C=O) groups is 6. The molecule has 2 aliphatic rings. The van der Waals surface area contributed by atoms with E-state index in [1.807, 2.05) is 122 Å². The van der Waals surface area contributed by atoms with Crippen LogP contribution in [0, 0.1) is 0 Å². The van der Waals surface area contributed by atoms with Crippen LogP contribution >= 0.6 is 0 Å². The topological polar surface area (TPSA) is 262 Å². The minimum atomic E-state index is -0.318. The molecule has 0 saturated carbocycles. The molecule has 524 valence electrons. The number of fused-ring (bicyclic) bond motifs is 4. The molecule has 14 nitrogen and oxygen atoms in total. The number of hydrogen-bond acceptors (Lipinski definition) is 6. The van der Waals surface area contributed by atoms with Crippen molar-refractivity contribution in [2.24, 2.45) is 22.9 Å². The van der Waals surface area contributed by atoms with Crippen molar-refractivity contribution in [2.75, 3.05) is 10.6 Å². The molecule has 12 aromatic carbocycles. The van der Waals surface area contributed by atoms with E-state index in [1.165, 1.54) is 27.5 Å². The van der Waals surface area contributed by atoms with Crippen LogP contribution < -0.4 is 33.6 Å². The molecule has 0 bridgehead atoms. The van der Waals surface area contributed by atoms with Crippen molar-refractivity contribution in [3.8, 4) is 89.0 Å². The first kappa shape index (κ1) is 71.0. The van der Waals surface area contributed by atoms with Gasteiger partial charge in [-0.3, -0.25) is 28.8 Å². The fourth-order valence-corrected chi connectivity index (χ4v) is 14.0. The molecule has 14 aromatic rings. The number of amides is 6. The maximum absolute atomic E-state index is 11.9. The van der Waals surface area contributed by atoms with Crippen molar-refractivity contribution >= 4 is 68.6 Å². The third kappa shape index (κ3) is 17.4. The smallest absolute Gasteiger partial charge is 0.228 e. The number of rotatable bonds is 20. The van der Waals surface area contributed by atoms with Crippen LogP contribution in [-0.2, 0) is 67.3 Å². The zero-order valence-corrected chi connectivity index (χ0v) is 58.5. The van der Waals surface area contributed by atoms with Gasteiger partial charge in [0, 0.05) is 65.9 Å². The third-order valence-electron chi connectivity index (χ3n) is 19.3. The Balaban J connectivity index is 0.000000125. The van der Waals surface area contributed by atoms with Gasteiger partial charge < -0.3 is 43.5 Å². The molecule has 0 radical (unpaired) electrons. The minimum Gasteiger partial charge on any atom is -0.370 e. The lowest BCUT2D eigenvalue weighted by Crippen LogP contribution is -2.11. The molecule has 106 heavy (non-hydrogen) atoms. The summed E-state index contributed by atoms with van der Waals surface area (Å²) in [6.45, 7) is 0. The summed E-state index contributed by atoms with van der Waals surface area (Å²) in [5.74, 6) is -1.15. The van der Waals surface area contributed by atoms with Gasteiger partial charge in [0.25, 0.3) is 0 Å². The second kappa shape index (κ2) is 33.1. The summed E-state index contributed by atoms with van der Waals surface area (Å²) in [6, 6.07) is 95.1. The van der Waals surface area contributed by atoms with Crippen molar-refractivity contribution in [3.63, 3.8) is 0 Å². The molecule has 12 N–H and O–H groups in total. The molecule has 2 aliphatic heterocycles. The van der Waals surface area contributed by atoms with E-state index in [1.54, 1.807) is 0 Å². The van der Waals surface area contributed by atoms with Gasteiger partial charge >= 0.3 is 0 Å². The highest BCUT2D eigenvalue weighted by Crippen LogP contribution is 2.40. The molecule has 4 heterocycles. The molecule has 0 aliphatic carbocycles. The monoisotopic (exact) mass is 1390 g/mol. The lowest BCUT2D eigenvalue weighted by molar-refractivity contribution is -0.118. The highest BCUT2D eigenvalue weighted by molar-refractivity contribution is 6.03. The quantitative estimate of drug-likeness (QED) is 0.0368. The van der Waals surface area contributed by atoms with Gasteiger partial charge in [-0.2, -0.15) is 0 Å². The van der Waals surface area contributed by atoms with Gasteiger partial charge in [0.15, 0.2) is 0 Å². The second-order valence-corrected chi connectivity index (χ2v) is 26.5. The van der Waals surface area contributed by atoms with Gasteiger partial charge in [0.05, 0.1) is 12.8 Å². The number of anilines is 2. The van der Waals surface area contributed by atoms with Crippen LogP contribution in [0.1, 0.15) is 59.1 Å². The molecule has 0 fully saturated rings. The van der Waals surface area contributed by atoms with Crippen molar-refractivity contribution in [1.82, 2.24) is 9.97 Å². The fourth-order valence-electron chi connectivity index (χ4n) is 14.0. The largest absolute Gasteiger partial charge is 0.370 e. The first-order valence-electron chi connectivity index (χ1n) is 35.5. The van der Waals surface area contributed by atoms with Crippen LogP contribution in [0.5, 0.6) is 0 Å². The number of carbonyl (C=O) groups excluding carboxylic acids is 6. The number of primary amides is 4. The lowest BCUT2D eigenvalue weighted by Gasteiger charge is -2.15. The van der Waals surface area contributed by atoms with E-state index in [2.05, 4.69) is 190 Å². The van der Waals surface area contributed by atoms with E-state index in [4.69, 9.17) is 22.9 Å². The van der Waals surface area contributed by atoms with Crippen molar-refractivity contribution in [1.29, 1.82) is 0 Å². The molecule has 0 unspecified atom stereocenters. The van der Waals surface area contributed by atoms with Crippen molar-refractivity contribution in [3.05, 3.63) is 325 Å². The highest BCUT2D eigenvalue weighted by Gasteiger charge is 2.24. The van der Waals surface area contributed by atoms with Gasteiger partial charge in [0.2, 0.25) is 35.4 Å². The van der Waals surface area contributed by atoms with E-state index < -0.39 is 0 Å². The summed E-state index contributed by atoms with van der Waals surface area (Å²) in [5.41, 5.74) is 49.8. The van der Waals surface area contributed by atoms with Crippen LogP contribution in [0.2, 0.25) is 0 Å². The molecule has 6 amide bonds. The van der Waals surface area contributed by atoms with E-state index in [9.17, 15) is 28.8 Å². The zero-order valence-electron chi connectivity index (χ0n) is 58.5. The number of nitrogens with two attached hydrogens (primary N) is 4. The number of nitrogens with one attached hydrogen (secondary N) is 4. The van der Waals surface area contributed by atoms with E-state index in [0.29, 0.717) is 57.8 Å². The van der Waals surface area contributed by atoms with Gasteiger partial charge in [0.1, 0.15) is 0 Å². The van der Waals surface area contributed by atoms with E-state index >= 15 is 0 Å². The summed E-state index contributed by atoms with van der Waals surface area (Å²) < 4.78 is 0. The Bertz CT molecular complexity index is 5550. The molecular formula is C92H80N8O6. The molecule has 16 rings (SSSR count). The Morgan fingerprint density at radius 3 is 1.17 bits per heavy atom. The van der Waals surface area contributed by atoms with Crippen LogP contribution in [0.3, 0.4) is 0 Å². The maximum atomic E-state index is 11.9. The van der Waals surface area contributed by atoms with Crippen LogP contribution in [0.25, 0.3) is 111 Å². The molecule has 14 heteroatoms. The number of aryl methyl sites for hydroxylation is 4. The highest BCUT2D eigenvalue weighted by atomic mass is 16.2. The van der Waals surface area contributed by atoms with Crippen LogP contribution in [0.15, 0.2) is 291 Å². The standard InChI is InChI=1S/2C23H20N2O2.2C23H20N2O/c24-22(26)12-10-17-13-16(15-5-2-1-3-6-15)9-11-18(17)19-7-4-8-21-20(19)14-23(27)25-21;24-22(26)11-9-17-12-16(15-4-2-1-3-5-15)8-10-20(17)18-6-7-19-14-23(27)25-21(19)13-18;24-23(26)12-10-18-15-17(16-5-2-1-3-6-16)9-11-19(18)20-7-4-8-22-21(20)13-14-25-22;24-23(26)11-9-19-14-18(16-4-2-1-3-5-16)8-10-21(19)20-7-6-17-12-13-25-22(17)15-20/h1-9,11,13H,10,12,14H2,(H2,24,26)(H,25,27);1-8,10,12-13H,9,11,14H2,(H2,24,26)(H,25,27);1-9,11,13-15,25H,10,12H2,(H2,24,26);1-8,10,12-15,25H,9,11H2,(H2,24,26). The van der Waals surface area contributed by atoms with Crippen molar-refractivity contribution in [2.45, 2.75) is 64.2 Å². The Morgan fingerprint density at radius 1 is 0.292 bits per heavy atom. The average Bonchev–Trinajstić information content (AvgIpc) is 1.50. The molecule has 0 spiro atoms. The van der Waals surface area contributed by atoms with Gasteiger partial charge in [-0.05, 0) is 190 Å². The molecular weight excluding hydrogens is 1310 g/mol. The normalized spacial score (nSPS) is 11.7. The zero-order chi connectivity index (χ0) is 73.5. The maximum Gasteiger partial charge on any atom is 0.228 e. The Labute approximate surface area is 615 Å². The summed E-state index contributed by atoms with van der Waals surface area (Å²) in [4.78, 5) is 75.4. The SMILES string of the molecule is NC(=O)CCc1cc(-c2ccccc2)ccc1-c1ccc2c(c1)NC(=O)C2.NC(=O)CCc1cc(-c2ccccc2)ccc1-c1ccc2cc[nH]c2c1.NC(=O)CCc1cc(-c2ccccc2)ccc1-c1cccc2[nH]ccc12.NC(=O)CCc1cc(-c2ccccc2)ccc1-c1cccc2c1CC(=O)N2. The lowest BCUT2D eigenvalue weighted by atomic mass is 9.89. The number of aromatic nitrogens is 2. The summed E-state index contributed by atoms with van der Waals surface area (Å²) >= 11 is 0. The first-order chi connectivity index (χ1) is 51.6. The Kier molecular flexibility index (Phi) is 22.2. The minimum absolute atomic E-state index is 0.0111. The third-order valence-corrected chi connectivity index (χ3v) is 19.3. The van der Waals surface area contributed by atoms with Gasteiger partial charge in [-0.25, -0.2) is 0 Å². The second-order valence-electron chi connectivity index (χ2n) is 26.5. The molecule has 0 atom stereocenters. The fraction of sp³-hybridized carbons (Fsp3) is 0.109. The predicted molar refractivity (Wildman–Crippen MR) is 428 cm³/mol. The number of aromatic amines is 2. The van der Waals surface area contributed by atoms with E-state index in [0.717, 1.165) is 128 Å². The van der Waals surface area contributed by atoms with Crippen molar-refractivity contribution < 1.29 is 28.8 Å². The van der Waals surface area contributed by atoms with Gasteiger partial charge in [-0.1, -0.05) is 243 Å². The van der Waals surface area contributed by atoms with Crippen LogP contribution in [0.4, 0.5) is 11.4 Å². The summed E-state index contributed by atoms with van der Waals surface area (Å²) in [6.07, 6.45) is 8.38. The first-order valence-corrected chi connectivity index (χ1v) is 35.5. The predicted octanol–water partition coefficient (Wildman–Crippen LogP) is 17.7. The summed E-state index contributed by atoms with van der Waals surface area (Å²) in [5, 5.41) is 8.17. The molecule has 2 aromatic heterocycles. The van der Waals surface area contributed by atoms with E-state index in [-0.39, 0.29) is 41.9 Å². The molecule has 0 saturated heterocycles. The average molecular weight is 1390 g/mol.